The Kier molecular flexibility index (Phi) is 5.47. The molecule has 0 saturated carbocycles. The van der Waals surface area contributed by atoms with E-state index in [0.717, 1.165) is 22.7 Å². The standard InChI is InChI=1S/C21H26N2O3/c1-21(2,3)16-5-7-17(8-6-16)23-20(24)10-11-22-13-15-4-9-18-19(12-15)26-14-25-18/h4-9,12,22H,10-11,13-14H2,1-3H3,(H,23,24). The van der Waals surface area contributed by atoms with E-state index in [1.165, 1.54) is 5.56 Å². The van der Waals surface area contributed by atoms with Gasteiger partial charge >= 0.3 is 0 Å². The minimum absolute atomic E-state index is 0.00620. The molecule has 1 aliphatic heterocycles. The van der Waals surface area contributed by atoms with Gasteiger partial charge in [0, 0.05) is 25.2 Å². The maximum atomic E-state index is 12.1. The molecule has 138 valence electrons. The molecule has 5 heteroatoms. The predicted octanol–water partition coefficient (Wildman–Crippen LogP) is 3.83. The number of fused-ring (bicyclic) bond motifs is 1. The zero-order valence-corrected chi connectivity index (χ0v) is 15.6. The van der Waals surface area contributed by atoms with Crippen LogP contribution in [0.5, 0.6) is 11.5 Å². The summed E-state index contributed by atoms with van der Waals surface area (Å²) in [6.45, 7) is 8.10. The molecule has 2 aromatic carbocycles. The normalized spacial score (nSPS) is 12.9. The number of anilines is 1. The molecule has 1 amide bonds. The summed E-state index contributed by atoms with van der Waals surface area (Å²) in [4.78, 5) is 12.1. The highest BCUT2D eigenvalue weighted by molar-refractivity contribution is 5.90. The average molecular weight is 354 g/mol. The quantitative estimate of drug-likeness (QED) is 0.774. The smallest absolute Gasteiger partial charge is 0.231 e. The molecule has 0 fully saturated rings. The maximum absolute atomic E-state index is 12.1. The topological polar surface area (TPSA) is 59.6 Å². The molecule has 3 rings (SSSR count). The third kappa shape index (κ3) is 4.76. The second kappa shape index (κ2) is 7.79. The van der Waals surface area contributed by atoms with Crippen LogP contribution in [0.2, 0.25) is 0 Å². The zero-order valence-electron chi connectivity index (χ0n) is 15.6. The van der Waals surface area contributed by atoms with Gasteiger partial charge in [-0.15, -0.1) is 0 Å². The van der Waals surface area contributed by atoms with Crippen molar-refractivity contribution in [3.8, 4) is 11.5 Å². The highest BCUT2D eigenvalue weighted by Crippen LogP contribution is 2.32. The lowest BCUT2D eigenvalue weighted by molar-refractivity contribution is -0.116. The van der Waals surface area contributed by atoms with Crippen molar-refractivity contribution in [3.63, 3.8) is 0 Å². The molecule has 1 aliphatic rings. The lowest BCUT2D eigenvalue weighted by atomic mass is 9.87. The first-order valence-corrected chi connectivity index (χ1v) is 8.91. The number of amides is 1. The van der Waals surface area contributed by atoms with Crippen molar-refractivity contribution in [1.29, 1.82) is 0 Å². The van der Waals surface area contributed by atoms with E-state index in [9.17, 15) is 4.79 Å². The van der Waals surface area contributed by atoms with Crippen LogP contribution in [-0.2, 0) is 16.8 Å². The number of carbonyl (C=O) groups is 1. The van der Waals surface area contributed by atoms with Crippen molar-refractivity contribution >= 4 is 11.6 Å². The van der Waals surface area contributed by atoms with Crippen LogP contribution >= 0.6 is 0 Å². The summed E-state index contributed by atoms with van der Waals surface area (Å²) in [5, 5.41) is 6.22. The van der Waals surface area contributed by atoms with Gasteiger partial charge in [-0.1, -0.05) is 39.0 Å². The van der Waals surface area contributed by atoms with Crippen molar-refractivity contribution in [2.24, 2.45) is 0 Å². The van der Waals surface area contributed by atoms with E-state index in [1.807, 2.05) is 30.3 Å². The van der Waals surface area contributed by atoms with E-state index in [4.69, 9.17) is 9.47 Å². The maximum Gasteiger partial charge on any atom is 0.231 e. The Bertz CT molecular complexity index is 764. The zero-order chi connectivity index (χ0) is 18.6. The largest absolute Gasteiger partial charge is 0.454 e. The third-order valence-electron chi connectivity index (χ3n) is 4.33. The number of nitrogens with one attached hydrogen (secondary N) is 2. The summed E-state index contributed by atoms with van der Waals surface area (Å²) >= 11 is 0. The van der Waals surface area contributed by atoms with Crippen LogP contribution in [0.25, 0.3) is 0 Å². The van der Waals surface area contributed by atoms with Gasteiger partial charge in [-0.05, 0) is 40.8 Å². The summed E-state index contributed by atoms with van der Waals surface area (Å²) in [6.07, 6.45) is 0.422. The fourth-order valence-corrected chi connectivity index (χ4v) is 2.76. The van der Waals surface area contributed by atoms with Crippen molar-refractivity contribution in [3.05, 3.63) is 53.6 Å². The van der Waals surface area contributed by atoms with Gasteiger partial charge in [0.15, 0.2) is 11.5 Å². The van der Waals surface area contributed by atoms with Gasteiger partial charge in [0.25, 0.3) is 0 Å². The molecule has 2 aromatic rings. The van der Waals surface area contributed by atoms with Gasteiger partial charge in [-0.2, -0.15) is 0 Å². The van der Waals surface area contributed by atoms with Gasteiger partial charge < -0.3 is 20.1 Å². The van der Waals surface area contributed by atoms with Crippen molar-refractivity contribution in [2.45, 2.75) is 39.2 Å². The molecule has 26 heavy (non-hydrogen) atoms. The Morgan fingerprint density at radius 1 is 1.04 bits per heavy atom. The number of rotatable bonds is 6. The third-order valence-corrected chi connectivity index (χ3v) is 4.33. The van der Waals surface area contributed by atoms with E-state index >= 15 is 0 Å². The fourth-order valence-electron chi connectivity index (χ4n) is 2.76. The molecule has 2 N–H and O–H groups in total. The second-order valence-corrected chi connectivity index (χ2v) is 7.49. The molecule has 0 aromatic heterocycles. The Morgan fingerprint density at radius 3 is 2.50 bits per heavy atom. The summed E-state index contributed by atoms with van der Waals surface area (Å²) in [7, 11) is 0. The number of benzene rings is 2. The Labute approximate surface area is 154 Å². The van der Waals surface area contributed by atoms with Crippen LogP contribution < -0.4 is 20.1 Å². The first-order chi connectivity index (χ1) is 12.4. The molecule has 0 unspecified atom stereocenters. The minimum atomic E-state index is 0.00620. The van der Waals surface area contributed by atoms with Crippen molar-refractivity contribution < 1.29 is 14.3 Å². The lowest BCUT2D eigenvalue weighted by Gasteiger charge is -2.19. The molecule has 1 heterocycles. The highest BCUT2D eigenvalue weighted by atomic mass is 16.7. The number of hydrogen-bond donors (Lipinski definition) is 2. The van der Waals surface area contributed by atoms with Crippen LogP contribution in [-0.4, -0.2) is 19.2 Å². The molecule has 0 bridgehead atoms. The van der Waals surface area contributed by atoms with Gasteiger partial charge in [-0.3, -0.25) is 4.79 Å². The van der Waals surface area contributed by atoms with Gasteiger partial charge in [0.05, 0.1) is 0 Å². The molecule has 0 saturated heterocycles. The van der Waals surface area contributed by atoms with Crippen molar-refractivity contribution in [1.82, 2.24) is 5.32 Å². The van der Waals surface area contributed by atoms with Gasteiger partial charge in [0.2, 0.25) is 12.7 Å². The van der Waals surface area contributed by atoms with Crippen LogP contribution in [0.3, 0.4) is 0 Å². The molecular weight excluding hydrogens is 328 g/mol. The van der Waals surface area contributed by atoms with E-state index in [-0.39, 0.29) is 18.1 Å². The Balaban J connectivity index is 1.40. The molecule has 0 radical (unpaired) electrons. The van der Waals surface area contributed by atoms with Crippen LogP contribution in [0, 0.1) is 0 Å². The van der Waals surface area contributed by atoms with Crippen LogP contribution in [0.4, 0.5) is 5.69 Å². The Morgan fingerprint density at radius 2 is 1.77 bits per heavy atom. The Hall–Kier alpha value is -2.53. The molecule has 0 aliphatic carbocycles. The first kappa shape index (κ1) is 18.3. The lowest BCUT2D eigenvalue weighted by Crippen LogP contribution is -2.21. The summed E-state index contributed by atoms with van der Waals surface area (Å²) in [5.74, 6) is 1.57. The molecule has 0 atom stereocenters. The predicted molar refractivity (Wildman–Crippen MR) is 103 cm³/mol. The first-order valence-electron chi connectivity index (χ1n) is 8.91. The average Bonchev–Trinajstić information content (AvgIpc) is 3.06. The minimum Gasteiger partial charge on any atom is -0.454 e. The van der Waals surface area contributed by atoms with E-state index in [0.29, 0.717) is 19.5 Å². The van der Waals surface area contributed by atoms with Crippen LogP contribution in [0.15, 0.2) is 42.5 Å². The number of ether oxygens (including phenoxy) is 2. The monoisotopic (exact) mass is 354 g/mol. The van der Waals surface area contributed by atoms with E-state index in [1.54, 1.807) is 0 Å². The second-order valence-electron chi connectivity index (χ2n) is 7.49. The fraction of sp³-hybridized carbons (Fsp3) is 0.381. The van der Waals surface area contributed by atoms with Gasteiger partial charge in [-0.25, -0.2) is 0 Å². The summed E-state index contributed by atoms with van der Waals surface area (Å²) < 4.78 is 10.7. The molecule has 5 nitrogen and oxygen atoms in total. The number of carbonyl (C=O) groups excluding carboxylic acids is 1. The molecule has 0 spiro atoms. The van der Waals surface area contributed by atoms with E-state index in [2.05, 4.69) is 43.5 Å². The molecular formula is C21H26N2O3. The van der Waals surface area contributed by atoms with Crippen LogP contribution in [0.1, 0.15) is 38.3 Å². The highest BCUT2D eigenvalue weighted by Gasteiger charge is 2.14. The van der Waals surface area contributed by atoms with Gasteiger partial charge in [0.1, 0.15) is 0 Å². The van der Waals surface area contributed by atoms with E-state index < -0.39 is 0 Å². The number of hydrogen-bond acceptors (Lipinski definition) is 4. The SMILES string of the molecule is CC(C)(C)c1ccc(NC(=O)CCNCc2ccc3c(c2)OCO3)cc1. The summed E-state index contributed by atoms with van der Waals surface area (Å²) in [5.41, 5.74) is 3.30. The van der Waals surface area contributed by atoms with Crippen molar-refractivity contribution in [2.75, 3.05) is 18.7 Å². The summed E-state index contributed by atoms with van der Waals surface area (Å²) in [6, 6.07) is 13.9.